The number of thiazole rings is 1. The lowest BCUT2D eigenvalue weighted by Crippen LogP contribution is -2.71. The van der Waals surface area contributed by atoms with Gasteiger partial charge in [0.2, 0.25) is 0 Å². The summed E-state index contributed by atoms with van der Waals surface area (Å²) in [7, 11) is 0. The molecule has 1 fully saturated rings. The van der Waals surface area contributed by atoms with E-state index in [0.29, 0.717) is 0 Å². The molecule has 0 saturated carbocycles. The van der Waals surface area contributed by atoms with Gasteiger partial charge in [-0.1, -0.05) is 5.16 Å². The van der Waals surface area contributed by atoms with Gasteiger partial charge in [-0.05, 0) is 26.8 Å². The van der Waals surface area contributed by atoms with Crippen LogP contribution in [0.4, 0.5) is 5.13 Å². The Labute approximate surface area is 168 Å². The number of thioether (sulfide) groups is 1. The molecule has 1 aromatic rings. The van der Waals surface area contributed by atoms with E-state index in [0.717, 1.165) is 11.3 Å². The van der Waals surface area contributed by atoms with E-state index in [2.05, 4.69) is 15.5 Å². The lowest BCUT2D eigenvalue weighted by molar-refractivity contribution is -0.150. The number of carbonyl (C=O) groups is 3. The van der Waals surface area contributed by atoms with Gasteiger partial charge in [0.15, 0.2) is 10.8 Å². The fourth-order valence-electron chi connectivity index (χ4n) is 2.70. The van der Waals surface area contributed by atoms with Gasteiger partial charge in [-0.25, -0.2) is 9.78 Å². The second-order valence-corrected chi connectivity index (χ2v) is 8.80. The van der Waals surface area contributed by atoms with Crippen molar-refractivity contribution in [2.45, 2.75) is 43.5 Å². The summed E-state index contributed by atoms with van der Waals surface area (Å²) in [6, 6.07) is -0.872. The van der Waals surface area contributed by atoms with Crippen LogP contribution in [0, 0.1) is 0 Å². The molecule has 0 aliphatic carbocycles. The Balaban J connectivity index is 1.79. The third kappa shape index (κ3) is 3.83. The van der Waals surface area contributed by atoms with Crippen molar-refractivity contribution in [1.29, 1.82) is 0 Å². The molecule has 12 heteroatoms. The number of hydrogen-bond donors (Lipinski definition) is 3. The standard InChI is InChI=1S/C16H19N5O5S2/c1-6(2)26-20-10(8-5-27-16(17)18-8)12(22)19-11-13(23)21-9(15(24)25)4-7(3)28-14(11)21/h4-7,11,14H,1-3H3,(H2,17,18)(H,19,22)(H,24,25)/b20-10-/t7?,11?,14-/m1/s1. The number of aromatic nitrogens is 1. The van der Waals surface area contributed by atoms with E-state index < -0.39 is 29.2 Å². The highest BCUT2D eigenvalue weighted by Crippen LogP contribution is 2.40. The summed E-state index contributed by atoms with van der Waals surface area (Å²) in [5, 5.41) is 17.0. The number of carboxylic acid groups (broad SMARTS) is 1. The van der Waals surface area contributed by atoms with E-state index in [1.165, 1.54) is 22.7 Å². The first-order chi connectivity index (χ1) is 13.2. The normalized spacial score (nSPS) is 24.4. The number of carbonyl (C=O) groups excluding carboxylic acids is 2. The van der Waals surface area contributed by atoms with Gasteiger partial charge >= 0.3 is 5.97 Å². The maximum Gasteiger partial charge on any atom is 0.352 e. The van der Waals surface area contributed by atoms with Gasteiger partial charge in [0.1, 0.15) is 28.9 Å². The number of rotatable bonds is 6. The molecule has 1 saturated heterocycles. The Morgan fingerprint density at radius 3 is 2.75 bits per heavy atom. The Morgan fingerprint density at radius 2 is 2.18 bits per heavy atom. The van der Waals surface area contributed by atoms with Crippen LogP contribution >= 0.6 is 23.1 Å². The quantitative estimate of drug-likeness (QED) is 0.341. The lowest BCUT2D eigenvalue weighted by Gasteiger charge is -2.49. The average molecular weight is 425 g/mol. The van der Waals surface area contributed by atoms with Crippen molar-refractivity contribution in [3.8, 4) is 0 Å². The van der Waals surface area contributed by atoms with Gasteiger partial charge in [-0.2, -0.15) is 0 Å². The molecule has 2 amide bonds. The van der Waals surface area contributed by atoms with E-state index >= 15 is 0 Å². The molecule has 10 nitrogen and oxygen atoms in total. The number of carboxylic acids is 1. The van der Waals surface area contributed by atoms with Crippen molar-refractivity contribution in [3.05, 3.63) is 22.8 Å². The zero-order chi connectivity index (χ0) is 20.6. The molecule has 2 aliphatic rings. The van der Waals surface area contributed by atoms with E-state index in [1.807, 2.05) is 6.92 Å². The molecule has 3 heterocycles. The first kappa shape index (κ1) is 20.1. The summed E-state index contributed by atoms with van der Waals surface area (Å²) in [5.41, 5.74) is 5.70. The molecule has 0 spiro atoms. The first-order valence-electron chi connectivity index (χ1n) is 8.38. The second kappa shape index (κ2) is 7.80. The number of nitrogens with zero attached hydrogens (tertiary/aromatic N) is 3. The highest BCUT2D eigenvalue weighted by Gasteiger charge is 2.54. The maximum atomic E-state index is 12.8. The summed E-state index contributed by atoms with van der Waals surface area (Å²) in [4.78, 5) is 47.1. The molecule has 0 radical (unpaired) electrons. The van der Waals surface area contributed by atoms with Gasteiger partial charge in [0.05, 0.1) is 0 Å². The molecule has 2 unspecified atom stereocenters. The number of fused-ring (bicyclic) bond motifs is 1. The largest absolute Gasteiger partial charge is 0.477 e. The molecule has 3 atom stereocenters. The summed E-state index contributed by atoms with van der Waals surface area (Å²) >= 11 is 2.53. The highest BCUT2D eigenvalue weighted by atomic mass is 32.2. The van der Waals surface area contributed by atoms with E-state index in [1.54, 1.807) is 19.2 Å². The number of amides is 2. The number of hydrogen-bond acceptors (Lipinski definition) is 9. The van der Waals surface area contributed by atoms with E-state index in [9.17, 15) is 19.5 Å². The van der Waals surface area contributed by atoms with Crippen molar-refractivity contribution >= 4 is 51.7 Å². The molecular formula is C16H19N5O5S2. The highest BCUT2D eigenvalue weighted by molar-refractivity contribution is 8.00. The van der Waals surface area contributed by atoms with Crippen LogP contribution in [0.1, 0.15) is 26.5 Å². The number of oxime groups is 1. The van der Waals surface area contributed by atoms with Crippen LogP contribution in [0.2, 0.25) is 0 Å². The molecule has 28 heavy (non-hydrogen) atoms. The number of nitrogen functional groups attached to an aromatic ring is 1. The van der Waals surface area contributed by atoms with Gasteiger partial charge in [0, 0.05) is 10.6 Å². The third-order valence-electron chi connectivity index (χ3n) is 3.89. The van der Waals surface area contributed by atoms with Crippen LogP contribution in [0.15, 0.2) is 22.3 Å². The predicted octanol–water partition coefficient (Wildman–Crippen LogP) is 0.611. The fraction of sp³-hybridized carbons (Fsp3) is 0.438. The molecule has 150 valence electrons. The fourth-order valence-corrected chi connectivity index (χ4v) is 4.57. The third-order valence-corrected chi connectivity index (χ3v) is 5.89. The number of anilines is 1. The molecule has 0 aromatic carbocycles. The molecular weight excluding hydrogens is 406 g/mol. The van der Waals surface area contributed by atoms with Crippen LogP contribution in [0.25, 0.3) is 0 Å². The van der Waals surface area contributed by atoms with Crippen molar-refractivity contribution in [1.82, 2.24) is 15.2 Å². The van der Waals surface area contributed by atoms with Crippen LogP contribution < -0.4 is 11.1 Å². The van der Waals surface area contributed by atoms with E-state index in [4.69, 9.17) is 10.6 Å². The summed E-state index contributed by atoms with van der Waals surface area (Å²) in [5.74, 6) is -2.32. The van der Waals surface area contributed by atoms with Gasteiger partial charge in [-0.3, -0.25) is 14.5 Å². The smallest absolute Gasteiger partial charge is 0.352 e. The van der Waals surface area contributed by atoms with Crippen molar-refractivity contribution in [2.24, 2.45) is 5.16 Å². The summed E-state index contributed by atoms with van der Waals surface area (Å²) in [6.45, 7) is 5.33. The Hall–Kier alpha value is -2.60. The zero-order valence-corrected chi connectivity index (χ0v) is 16.9. The molecule has 1 aromatic heterocycles. The van der Waals surface area contributed by atoms with Crippen molar-refractivity contribution in [2.75, 3.05) is 5.73 Å². The number of aliphatic carboxylic acids is 1. The van der Waals surface area contributed by atoms with Gasteiger partial charge in [0.25, 0.3) is 11.8 Å². The van der Waals surface area contributed by atoms with E-state index in [-0.39, 0.29) is 33.6 Å². The monoisotopic (exact) mass is 425 g/mol. The molecule has 2 aliphatic heterocycles. The average Bonchev–Trinajstić information content (AvgIpc) is 3.04. The molecule has 0 bridgehead atoms. The first-order valence-corrected chi connectivity index (χ1v) is 10.2. The summed E-state index contributed by atoms with van der Waals surface area (Å²) in [6.07, 6.45) is 1.25. The van der Waals surface area contributed by atoms with Crippen molar-refractivity contribution < 1.29 is 24.3 Å². The minimum absolute atomic E-state index is 0.0731. The van der Waals surface area contributed by atoms with Crippen LogP contribution in [0.5, 0.6) is 0 Å². The lowest BCUT2D eigenvalue weighted by atomic mass is 10.0. The minimum Gasteiger partial charge on any atom is -0.477 e. The zero-order valence-electron chi connectivity index (χ0n) is 15.3. The molecule has 3 rings (SSSR count). The van der Waals surface area contributed by atoms with Crippen molar-refractivity contribution in [3.63, 3.8) is 0 Å². The topological polar surface area (TPSA) is 147 Å². The Bertz CT molecular complexity index is 881. The SMILES string of the molecule is CC(C)O/N=C(\C(=O)NC1C(=O)N2C(C(=O)O)=CC(C)S[C@H]12)c1csc(N)n1. The number of nitrogens with two attached hydrogens (primary N) is 1. The second-order valence-electron chi connectivity index (χ2n) is 6.41. The Kier molecular flexibility index (Phi) is 5.61. The Morgan fingerprint density at radius 1 is 1.46 bits per heavy atom. The number of nitrogens with one attached hydrogen (secondary N) is 1. The number of β-lactam (4-membered cyclic amide) rings is 1. The minimum atomic E-state index is -1.18. The summed E-state index contributed by atoms with van der Waals surface area (Å²) < 4.78 is 0. The van der Waals surface area contributed by atoms with Gasteiger partial charge in [-0.15, -0.1) is 23.1 Å². The predicted molar refractivity (Wildman–Crippen MR) is 105 cm³/mol. The molecule has 4 N–H and O–H groups in total. The maximum absolute atomic E-state index is 12.8. The van der Waals surface area contributed by atoms with Crippen LogP contribution in [-0.4, -0.2) is 61.3 Å². The van der Waals surface area contributed by atoms with Crippen LogP contribution in [0.3, 0.4) is 0 Å². The van der Waals surface area contributed by atoms with Crippen LogP contribution in [-0.2, 0) is 19.2 Å². The van der Waals surface area contributed by atoms with Gasteiger partial charge < -0.3 is 21.0 Å².